The average molecular weight is 576 g/mol. The van der Waals surface area contributed by atoms with E-state index in [1.54, 1.807) is 12.1 Å². The minimum absolute atomic E-state index is 0.0490. The fraction of sp³-hybridized carbons (Fsp3) is 0.517. The summed E-state index contributed by atoms with van der Waals surface area (Å²) in [5.74, 6) is -0.230. The van der Waals surface area contributed by atoms with Gasteiger partial charge in [-0.1, -0.05) is 73.2 Å². The smallest absolute Gasteiger partial charge is 0.317 e. The number of nitrogens with one attached hydrogen (secondary N) is 1. The Morgan fingerprint density at radius 3 is 2.38 bits per heavy atom. The molecular formula is C29H40BrFN4O2. The molecule has 37 heavy (non-hydrogen) atoms. The normalized spacial score (nSPS) is 14.0. The van der Waals surface area contributed by atoms with Crippen LogP contribution >= 0.6 is 15.9 Å². The highest BCUT2D eigenvalue weighted by Crippen LogP contribution is 2.15. The van der Waals surface area contributed by atoms with Crippen LogP contribution in [0.15, 0.2) is 53.0 Å². The molecule has 6 nitrogen and oxygen atoms in total. The summed E-state index contributed by atoms with van der Waals surface area (Å²) >= 11 is 3.43. The molecule has 3 amide bonds. The Balaban J connectivity index is 1.48. The molecule has 2 aromatic carbocycles. The van der Waals surface area contributed by atoms with Crippen molar-refractivity contribution < 1.29 is 14.0 Å². The van der Waals surface area contributed by atoms with Gasteiger partial charge in [0.2, 0.25) is 0 Å². The Hall–Kier alpha value is -2.45. The zero-order valence-electron chi connectivity index (χ0n) is 21.9. The molecule has 1 N–H and O–H groups in total. The summed E-state index contributed by atoms with van der Waals surface area (Å²) in [6.45, 7) is 7.46. The van der Waals surface area contributed by atoms with Gasteiger partial charge in [-0.05, 0) is 42.3 Å². The predicted octanol–water partition coefficient (Wildman–Crippen LogP) is 5.92. The first-order valence-electron chi connectivity index (χ1n) is 13.5. The Bertz CT molecular complexity index is 980. The second kappa shape index (κ2) is 15.7. The van der Waals surface area contributed by atoms with Gasteiger partial charge < -0.3 is 15.1 Å². The number of nitrogens with zero attached hydrogens (tertiary/aromatic N) is 3. The van der Waals surface area contributed by atoms with Crippen molar-refractivity contribution in [3.05, 3.63) is 69.9 Å². The quantitative estimate of drug-likeness (QED) is 0.302. The minimum atomic E-state index is -0.280. The lowest BCUT2D eigenvalue weighted by Gasteiger charge is -2.36. The van der Waals surface area contributed by atoms with E-state index in [1.165, 1.54) is 37.8 Å². The fourth-order valence-electron chi connectivity index (χ4n) is 4.52. The number of amides is 3. The Morgan fingerprint density at radius 2 is 1.68 bits per heavy atom. The van der Waals surface area contributed by atoms with Crippen molar-refractivity contribution in [3.63, 3.8) is 0 Å². The maximum absolute atomic E-state index is 13.4. The molecule has 202 valence electrons. The summed E-state index contributed by atoms with van der Waals surface area (Å²) in [6.07, 6.45) is 7.06. The van der Waals surface area contributed by atoms with E-state index in [0.29, 0.717) is 38.3 Å². The largest absolute Gasteiger partial charge is 0.338 e. The highest BCUT2D eigenvalue weighted by atomic mass is 79.9. The van der Waals surface area contributed by atoms with Crippen LogP contribution in [-0.2, 0) is 6.54 Å². The predicted molar refractivity (Wildman–Crippen MR) is 150 cm³/mol. The van der Waals surface area contributed by atoms with Crippen molar-refractivity contribution in [1.82, 2.24) is 20.0 Å². The van der Waals surface area contributed by atoms with Crippen molar-refractivity contribution in [2.75, 3.05) is 45.8 Å². The molecule has 1 heterocycles. The monoisotopic (exact) mass is 574 g/mol. The van der Waals surface area contributed by atoms with Gasteiger partial charge in [-0.15, -0.1) is 0 Å². The molecule has 0 aromatic heterocycles. The first kappa shape index (κ1) is 29.1. The van der Waals surface area contributed by atoms with Gasteiger partial charge in [0.25, 0.3) is 5.91 Å². The van der Waals surface area contributed by atoms with Gasteiger partial charge in [-0.3, -0.25) is 9.69 Å². The molecule has 1 saturated heterocycles. The maximum Gasteiger partial charge on any atom is 0.317 e. The van der Waals surface area contributed by atoms with E-state index in [-0.39, 0.29) is 17.8 Å². The van der Waals surface area contributed by atoms with E-state index in [0.717, 1.165) is 42.5 Å². The van der Waals surface area contributed by atoms with E-state index < -0.39 is 0 Å². The van der Waals surface area contributed by atoms with Crippen LogP contribution in [0.1, 0.15) is 61.4 Å². The highest BCUT2D eigenvalue weighted by Gasteiger charge is 2.23. The summed E-state index contributed by atoms with van der Waals surface area (Å²) in [5.41, 5.74) is 1.59. The van der Waals surface area contributed by atoms with Crippen molar-refractivity contribution in [3.8, 4) is 0 Å². The number of carbonyl (C=O) groups is 2. The molecule has 0 spiro atoms. The number of benzene rings is 2. The van der Waals surface area contributed by atoms with Crippen LogP contribution in [0.25, 0.3) is 0 Å². The van der Waals surface area contributed by atoms with Gasteiger partial charge in [0.15, 0.2) is 0 Å². The van der Waals surface area contributed by atoms with Crippen molar-refractivity contribution >= 4 is 27.9 Å². The molecule has 0 saturated carbocycles. The lowest BCUT2D eigenvalue weighted by Crippen LogP contribution is -2.51. The van der Waals surface area contributed by atoms with Gasteiger partial charge in [0.1, 0.15) is 5.82 Å². The van der Waals surface area contributed by atoms with E-state index in [2.05, 4.69) is 33.1 Å². The molecular weight excluding hydrogens is 535 g/mol. The van der Waals surface area contributed by atoms with Crippen molar-refractivity contribution in [2.24, 2.45) is 0 Å². The summed E-state index contributed by atoms with van der Waals surface area (Å²) in [7, 11) is 0. The van der Waals surface area contributed by atoms with Crippen molar-refractivity contribution in [1.29, 1.82) is 0 Å². The Morgan fingerprint density at radius 1 is 0.973 bits per heavy atom. The molecule has 0 unspecified atom stereocenters. The lowest BCUT2D eigenvalue weighted by molar-refractivity contribution is 0.0627. The van der Waals surface area contributed by atoms with E-state index in [1.807, 2.05) is 34.1 Å². The third kappa shape index (κ3) is 10.1. The Labute approximate surface area is 229 Å². The maximum atomic E-state index is 13.4. The van der Waals surface area contributed by atoms with Gasteiger partial charge >= 0.3 is 6.03 Å². The standard InChI is InChI=1S/C29H40BrFN4O2/c1-2-3-4-5-6-7-15-32-29(37)35(23-24-11-13-27(31)14-12-24)21-18-33-16-19-34(20-17-33)28(36)25-9-8-10-26(30)22-25/h8-14,22H,2-7,15-21,23H2,1H3,(H,32,37). The average Bonchev–Trinajstić information content (AvgIpc) is 2.91. The SMILES string of the molecule is CCCCCCCCNC(=O)N(CCN1CCN(C(=O)c2cccc(Br)c2)CC1)Cc1ccc(F)cc1. The molecule has 3 rings (SSSR count). The first-order valence-corrected chi connectivity index (χ1v) is 14.3. The Kier molecular flexibility index (Phi) is 12.4. The summed E-state index contributed by atoms with van der Waals surface area (Å²) in [6, 6.07) is 13.7. The zero-order chi connectivity index (χ0) is 26.5. The number of piperazine rings is 1. The summed E-state index contributed by atoms with van der Waals surface area (Å²) in [4.78, 5) is 31.8. The number of rotatable bonds is 13. The van der Waals surface area contributed by atoms with Crippen molar-refractivity contribution in [2.45, 2.75) is 52.0 Å². The van der Waals surface area contributed by atoms with Gasteiger partial charge in [0, 0.05) is 62.4 Å². The van der Waals surface area contributed by atoms with Crippen LogP contribution in [0.3, 0.4) is 0 Å². The molecule has 1 aliphatic heterocycles. The van der Waals surface area contributed by atoms with Gasteiger partial charge in [-0.25, -0.2) is 9.18 Å². The fourth-order valence-corrected chi connectivity index (χ4v) is 4.92. The molecule has 1 aliphatic rings. The second-order valence-corrected chi connectivity index (χ2v) is 10.6. The van der Waals surface area contributed by atoms with Crippen LogP contribution in [-0.4, -0.2) is 72.5 Å². The molecule has 0 atom stereocenters. The van der Waals surface area contributed by atoms with Crippen LogP contribution in [0.5, 0.6) is 0 Å². The first-order chi connectivity index (χ1) is 18.0. The number of hydrogen-bond donors (Lipinski definition) is 1. The molecule has 0 bridgehead atoms. The van der Waals surface area contributed by atoms with Gasteiger partial charge in [0.05, 0.1) is 0 Å². The number of carbonyl (C=O) groups excluding carboxylic acids is 2. The molecule has 8 heteroatoms. The summed E-state index contributed by atoms with van der Waals surface area (Å²) in [5, 5.41) is 3.08. The van der Waals surface area contributed by atoms with Gasteiger partial charge in [-0.2, -0.15) is 0 Å². The summed E-state index contributed by atoms with van der Waals surface area (Å²) < 4.78 is 14.3. The van der Waals surface area contributed by atoms with Crippen LogP contribution in [0.2, 0.25) is 0 Å². The lowest BCUT2D eigenvalue weighted by atomic mass is 10.1. The highest BCUT2D eigenvalue weighted by molar-refractivity contribution is 9.10. The molecule has 2 aromatic rings. The third-order valence-corrected chi connectivity index (χ3v) is 7.29. The van der Waals surface area contributed by atoms with Crippen LogP contribution in [0, 0.1) is 5.82 Å². The van der Waals surface area contributed by atoms with Crippen LogP contribution in [0.4, 0.5) is 9.18 Å². The zero-order valence-corrected chi connectivity index (χ0v) is 23.5. The number of urea groups is 1. The minimum Gasteiger partial charge on any atom is -0.338 e. The number of unbranched alkanes of at least 4 members (excludes halogenated alkanes) is 5. The molecule has 0 aliphatic carbocycles. The third-order valence-electron chi connectivity index (χ3n) is 6.80. The molecule has 0 radical (unpaired) electrons. The number of halogens is 2. The molecule has 1 fully saturated rings. The van der Waals surface area contributed by atoms with E-state index >= 15 is 0 Å². The topological polar surface area (TPSA) is 55.9 Å². The van der Waals surface area contributed by atoms with E-state index in [4.69, 9.17) is 0 Å². The van der Waals surface area contributed by atoms with E-state index in [9.17, 15) is 14.0 Å². The second-order valence-electron chi connectivity index (χ2n) is 9.69. The number of hydrogen-bond acceptors (Lipinski definition) is 3. The van der Waals surface area contributed by atoms with Crippen LogP contribution < -0.4 is 5.32 Å².